The lowest BCUT2D eigenvalue weighted by atomic mass is 10.1. The molecule has 2 N–H and O–H groups in total. The Morgan fingerprint density at radius 2 is 2.14 bits per heavy atom. The van der Waals surface area contributed by atoms with Crippen molar-refractivity contribution in [3.8, 4) is 0 Å². The van der Waals surface area contributed by atoms with Crippen LogP contribution in [0.15, 0.2) is 36.5 Å². The van der Waals surface area contributed by atoms with Gasteiger partial charge >= 0.3 is 0 Å². The molecular weight excluding hydrogens is 354 g/mol. The quantitative estimate of drug-likeness (QED) is 0.770. The first-order valence-electron chi connectivity index (χ1n) is 9.99. The zero-order valence-corrected chi connectivity index (χ0v) is 16.6. The van der Waals surface area contributed by atoms with Crippen LogP contribution in [0.25, 0.3) is 0 Å². The summed E-state index contributed by atoms with van der Waals surface area (Å²) in [4.78, 5) is 27.0. The Bertz CT molecular complexity index is 811. The van der Waals surface area contributed by atoms with Gasteiger partial charge in [-0.05, 0) is 50.4 Å². The Balaban J connectivity index is 1.65. The Morgan fingerprint density at radius 1 is 1.32 bits per heavy atom. The normalized spacial score (nSPS) is 16.6. The molecule has 7 nitrogen and oxygen atoms in total. The SMILES string of the molecule is CCCN(CC(=O)Nc1ccccc1C)C(=O)c1ccn(C2CCCNC2)n1. The van der Waals surface area contributed by atoms with Crippen LogP contribution in [-0.2, 0) is 4.79 Å². The summed E-state index contributed by atoms with van der Waals surface area (Å²) in [6.07, 6.45) is 4.80. The van der Waals surface area contributed by atoms with Crippen molar-refractivity contribution < 1.29 is 9.59 Å². The van der Waals surface area contributed by atoms with Crippen LogP contribution in [0.2, 0.25) is 0 Å². The lowest BCUT2D eigenvalue weighted by molar-refractivity contribution is -0.116. The van der Waals surface area contributed by atoms with Gasteiger partial charge in [-0.3, -0.25) is 14.3 Å². The Morgan fingerprint density at radius 3 is 2.86 bits per heavy atom. The number of nitrogens with zero attached hydrogens (tertiary/aromatic N) is 3. The number of amides is 2. The van der Waals surface area contributed by atoms with Gasteiger partial charge in [0.25, 0.3) is 5.91 Å². The number of para-hydroxylation sites is 1. The van der Waals surface area contributed by atoms with Crippen LogP contribution < -0.4 is 10.6 Å². The predicted molar refractivity (Wildman–Crippen MR) is 109 cm³/mol. The summed E-state index contributed by atoms with van der Waals surface area (Å²) in [6, 6.07) is 9.63. The minimum Gasteiger partial charge on any atom is -0.328 e. The summed E-state index contributed by atoms with van der Waals surface area (Å²) < 4.78 is 1.87. The number of carbonyl (C=O) groups is 2. The van der Waals surface area contributed by atoms with E-state index in [1.807, 2.05) is 49.0 Å². The Kier molecular flexibility index (Phi) is 6.81. The predicted octanol–water partition coefficient (Wildman–Crippen LogP) is 2.61. The molecule has 2 aromatic rings. The van der Waals surface area contributed by atoms with Crippen LogP contribution in [0.1, 0.15) is 48.3 Å². The lowest BCUT2D eigenvalue weighted by Gasteiger charge is -2.23. The average Bonchev–Trinajstić information content (AvgIpc) is 3.20. The van der Waals surface area contributed by atoms with Crippen LogP contribution >= 0.6 is 0 Å². The number of anilines is 1. The van der Waals surface area contributed by atoms with Crippen molar-refractivity contribution in [3.05, 3.63) is 47.8 Å². The molecule has 28 heavy (non-hydrogen) atoms. The molecule has 1 saturated heterocycles. The maximum Gasteiger partial charge on any atom is 0.274 e. The number of aromatic nitrogens is 2. The van der Waals surface area contributed by atoms with E-state index in [0.29, 0.717) is 12.2 Å². The van der Waals surface area contributed by atoms with E-state index in [1.165, 1.54) is 0 Å². The number of piperidine rings is 1. The van der Waals surface area contributed by atoms with Crippen molar-refractivity contribution in [1.82, 2.24) is 20.0 Å². The number of benzene rings is 1. The third kappa shape index (κ3) is 4.98. The van der Waals surface area contributed by atoms with Gasteiger partial charge in [0.15, 0.2) is 0 Å². The largest absolute Gasteiger partial charge is 0.328 e. The molecule has 1 unspecified atom stereocenters. The first kappa shape index (κ1) is 20.1. The molecular formula is C21H29N5O2. The van der Waals surface area contributed by atoms with E-state index in [4.69, 9.17) is 0 Å². The summed E-state index contributed by atoms with van der Waals surface area (Å²) >= 11 is 0. The van der Waals surface area contributed by atoms with Crippen molar-refractivity contribution >= 4 is 17.5 Å². The molecule has 2 amide bonds. The van der Waals surface area contributed by atoms with Gasteiger partial charge in [-0.25, -0.2) is 0 Å². The summed E-state index contributed by atoms with van der Waals surface area (Å²) in [5.41, 5.74) is 2.15. The minimum absolute atomic E-state index is 0.0127. The van der Waals surface area contributed by atoms with Gasteiger partial charge in [0.1, 0.15) is 12.2 Å². The second-order valence-corrected chi connectivity index (χ2v) is 7.27. The average molecular weight is 383 g/mol. The number of carbonyl (C=O) groups excluding carboxylic acids is 2. The standard InChI is InChI=1S/C21H29N5O2/c1-3-12-25(15-20(27)23-18-9-5-4-7-16(18)2)21(28)19-10-13-26(24-19)17-8-6-11-22-14-17/h4-5,7,9-10,13,17,22H,3,6,8,11-12,14-15H2,1-2H3,(H,23,27). The van der Waals surface area contributed by atoms with E-state index in [-0.39, 0.29) is 24.4 Å². The molecule has 1 aliphatic rings. The van der Waals surface area contributed by atoms with Crippen molar-refractivity contribution in [1.29, 1.82) is 0 Å². The summed E-state index contributed by atoms with van der Waals surface area (Å²) in [6.45, 7) is 6.36. The molecule has 0 spiro atoms. The summed E-state index contributed by atoms with van der Waals surface area (Å²) in [5, 5.41) is 10.8. The molecule has 0 saturated carbocycles. The van der Waals surface area contributed by atoms with Crippen LogP contribution in [0, 0.1) is 6.92 Å². The van der Waals surface area contributed by atoms with Crippen LogP contribution in [0.4, 0.5) is 5.69 Å². The smallest absolute Gasteiger partial charge is 0.274 e. The number of rotatable bonds is 7. The molecule has 3 rings (SSSR count). The fraction of sp³-hybridized carbons (Fsp3) is 0.476. The molecule has 2 heterocycles. The topological polar surface area (TPSA) is 79.3 Å². The highest BCUT2D eigenvalue weighted by Gasteiger charge is 2.22. The second kappa shape index (κ2) is 9.50. The fourth-order valence-electron chi connectivity index (χ4n) is 3.48. The molecule has 1 atom stereocenters. The first-order chi connectivity index (χ1) is 13.6. The van der Waals surface area contributed by atoms with Gasteiger partial charge in [-0.1, -0.05) is 25.1 Å². The summed E-state index contributed by atoms with van der Waals surface area (Å²) in [7, 11) is 0. The molecule has 1 fully saturated rings. The highest BCUT2D eigenvalue weighted by atomic mass is 16.2. The Labute approximate surface area is 166 Å². The van der Waals surface area contributed by atoms with E-state index in [0.717, 1.165) is 43.6 Å². The molecule has 0 aliphatic carbocycles. The van der Waals surface area contributed by atoms with Gasteiger partial charge in [0.2, 0.25) is 5.91 Å². The van der Waals surface area contributed by atoms with Crippen molar-refractivity contribution in [2.75, 3.05) is 31.5 Å². The first-order valence-corrected chi connectivity index (χ1v) is 9.99. The van der Waals surface area contributed by atoms with Crippen molar-refractivity contribution in [2.45, 2.75) is 39.2 Å². The maximum atomic E-state index is 12.9. The van der Waals surface area contributed by atoms with Gasteiger partial charge in [-0.2, -0.15) is 5.10 Å². The van der Waals surface area contributed by atoms with Crippen LogP contribution in [-0.4, -0.2) is 52.7 Å². The molecule has 150 valence electrons. The highest BCUT2D eigenvalue weighted by Crippen LogP contribution is 2.17. The molecule has 0 radical (unpaired) electrons. The summed E-state index contributed by atoms with van der Waals surface area (Å²) in [5.74, 6) is -0.406. The minimum atomic E-state index is -0.204. The lowest BCUT2D eigenvalue weighted by Crippen LogP contribution is -2.39. The van der Waals surface area contributed by atoms with E-state index in [9.17, 15) is 9.59 Å². The number of hydrogen-bond acceptors (Lipinski definition) is 4. The van der Waals surface area contributed by atoms with E-state index < -0.39 is 0 Å². The van der Waals surface area contributed by atoms with Crippen molar-refractivity contribution in [3.63, 3.8) is 0 Å². The third-order valence-corrected chi connectivity index (χ3v) is 5.01. The van der Waals surface area contributed by atoms with E-state index >= 15 is 0 Å². The number of aryl methyl sites for hydroxylation is 1. The van der Waals surface area contributed by atoms with Crippen LogP contribution in [0.3, 0.4) is 0 Å². The van der Waals surface area contributed by atoms with Crippen molar-refractivity contribution in [2.24, 2.45) is 0 Å². The molecule has 1 aromatic carbocycles. The van der Waals surface area contributed by atoms with E-state index in [1.54, 1.807) is 11.0 Å². The number of hydrogen-bond donors (Lipinski definition) is 2. The monoisotopic (exact) mass is 383 g/mol. The molecule has 1 aromatic heterocycles. The highest BCUT2D eigenvalue weighted by molar-refractivity contribution is 5.98. The van der Waals surface area contributed by atoms with Gasteiger partial charge in [0.05, 0.1) is 6.04 Å². The molecule has 7 heteroatoms. The van der Waals surface area contributed by atoms with Gasteiger partial charge in [0, 0.05) is 25.0 Å². The third-order valence-electron chi connectivity index (χ3n) is 5.01. The zero-order chi connectivity index (χ0) is 19.9. The molecule has 0 bridgehead atoms. The van der Waals surface area contributed by atoms with E-state index in [2.05, 4.69) is 15.7 Å². The molecule has 1 aliphatic heterocycles. The fourth-order valence-corrected chi connectivity index (χ4v) is 3.48. The number of nitrogens with one attached hydrogen (secondary N) is 2. The second-order valence-electron chi connectivity index (χ2n) is 7.27. The van der Waals surface area contributed by atoms with Gasteiger partial charge < -0.3 is 15.5 Å². The Hall–Kier alpha value is -2.67. The van der Waals surface area contributed by atoms with Crippen LogP contribution in [0.5, 0.6) is 0 Å². The maximum absolute atomic E-state index is 12.9. The van der Waals surface area contributed by atoms with Gasteiger partial charge in [-0.15, -0.1) is 0 Å². The zero-order valence-electron chi connectivity index (χ0n) is 16.6.